The maximum atomic E-state index is 13.0. The van der Waals surface area contributed by atoms with Gasteiger partial charge in [0.15, 0.2) is 0 Å². The second-order valence-electron chi connectivity index (χ2n) is 12.0. The Balaban J connectivity index is 1.33. The monoisotopic (exact) mass is 504 g/mol. The predicted molar refractivity (Wildman–Crippen MR) is 135 cm³/mol. The molecule has 2 heterocycles. The molecule has 194 valence electrons. The van der Waals surface area contributed by atoms with E-state index in [1.165, 1.54) is 25.3 Å². The zero-order chi connectivity index (χ0) is 25.9. The van der Waals surface area contributed by atoms with Crippen LogP contribution in [0.3, 0.4) is 0 Å². The molecule has 1 aromatic heterocycles. The highest BCUT2D eigenvalue weighted by Crippen LogP contribution is 2.73. The van der Waals surface area contributed by atoms with Gasteiger partial charge in [-0.05, 0) is 67.0 Å². The van der Waals surface area contributed by atoms with Gasteiger partial charge in [0.05, 0.1) is 18.8 Å². The third-order valence-corrected chi connectivity index (χ3v) is 9.91. The molecule has 0 radical (unpaired) electrons. The summed E-state index contributed by atoms with van der Waals surface area (Å²) in [5, 5.41) is 15.2. The molecule has 9 nitrogen and oxygen atoms in total. The lowest BCUT2D eigenvalue weighted by atomic mass is 9.55. The molecule has 2 amide bonds. The Morgan fingerprint density at radius 3 is 2.76 bits per heavy atom. The average Bonchev–Trinajstić information content (AvgIpc) is 3.58. The zero-order valence-corrected chi connectivity index (χ0v) is 21.1. The van der Waals surface area contributed by atoms with Gasteiger partial charge in [-0.1, -0.05) is 6.07 Å². The van der Waals surface area contributed by atoms with Crippen LogP contribution in [-0.4, -0.2) is 64.7 Å². The van der Waals surface area contributed by atoms with Crippen molar-refractivity contribution in [1.29, 1.82) is 0 Å². The van der Waals surface area contributed by atoms with Crippen molar-refractivity contribution in [3.8, 4) is 5.75 Å². The fourth-order valence-corrected chi connectivity index (χ4v) is 8.19. The van der Waals surface area contributed by atoms with Crippen LogP contribution in [0.5, 0.6) is 5.75 Å². The molecule has 1 unspecified atom stereocenters. The molecule has 2 saturated carbocycles. The molecule has 5 atom stereocenters. The number of H-pyrrole nitrogens is 1. The van der Waals surface area contributed by atoms with E-state index in [1.54, 1.807) is 13.2 Å². The molecule has 2 aromatic rings. The van der Waals surface area contributed by atoms with Gasteiger partial charge in [-0.15, -0.1) is 0 Å². The number of benzene rings is 1. The van der Waals surface area contributed by atoms with Crippen molar-refractivity contribution < 1.29 is 19.4 Å². The smallest absolute Gasteiger partial charge is 0.261 e. The Morgan fingerprint density at radius 1 is 1.27 bits per heavy atom. The lowest BCUT2D eigenvalue weighted by molar-refractivity contribution is -0.136. The van der Waals surface area contributed by atoms with Crippen LogP contribution in [-0.2, 0) is 28.5 Å². The molecule has 5 N–H and O–H groups in total. The van der Waals surface area contributed by atoms with E-state index < -0.39 is 34.4 Å². The number of nitrogens with zero attached hydrogens (tertiary/aromatic N) is 1. The van der Waals surface area contributed by atoms with Crippen molar-refractivity contribution in [2.45, 2.75) is 67.5 Å². The number of primary amides is 1. The number of methoxy groups -OCH3 is 1. The Labute approximate surface area is 214 Å². The summed E-state index contributed by atoms with van der Waals surface area (Å²) in [5.74, 6) is 0.142. The van der Waals surface area contributed by atoms with Crippen molar-refractivity contribution in [2.75, 3.05) is 20.2 Å². The number of carbonyl (C=O) groups is 2. The van der Waals surface area contributed by atoms with Gasteiger partial charge in [-0.3, -0.25) is 19.3 Å². The summed E-state index contributed by atoms with van der Waals surface area (Å²) in [5.41, 5.74) is 6.95. The lowest BCUT2D eigenvalue weighted by Crippen LogP contribution is -2.75. The number of fused-ring (bicyclic) bond motifs is 3. The predicted octanol–water partition coefficient (Wildman–Crippen LogP) is 0.504. The van der Waals surface area contributed by atoms with Crippen LogP contribution in [0.25, 0.3) is 0 Å². The molecule has 2 bridgehead atoms. The van der Waals surface area contributed by atoms with Crippen molar-refractivity contribution >= 4 is 11.8 Å². The fourth-order valence-electron chi connectivity index (χ4n) is 8.19. The number of aromatic amines is 1. The number of hydrogen-bond donors (Lipinski definition) is 4. The van der Waals surface area contributed by atoms with E-state index in [9.17, 15) is 19.5 Å². The highest BCUT2D eigenvalue weighted by atomic mass is 16.5. The number of aromatic nitrogens is 1. The molecular weight excluding hydrogens is 472 g/mol. The fraction of sp³-hybridized carbons (Fsp3) is 0.536. The van der Waals surface area contributed by atoms with Gasteiger partial charge < -0.3 is 25.9 Å². The van der Waals surface area contributed by atoms with Gasteiger partial charge in [0.1, 0.15) is 17.4 Å². The van der Waals surface area contributed by atoms with Gasteiger partial charge in [-0.2, -0.15) is 0 Å². The van der Waals surface area contributed by atoms with E-state index in [1.807, 2.05) is 6.07 Å². The minimum atomic E-state index is -1.04. The van der Waals surface area contributed by atoms with Crippen molar-refractivity contribution in [2.24, 2.45) is 11.7 Å². The van der Waals surface area contributed by atoms with Gasteiger partial charge >= 0.3 is 0 Å². The summed E-state index contributed by atoms with van der Waals surface area (Å²) < 4.78 is 5.57. The number of ether oxygens (including phenoxy) is 1. The van der Waals surface area contributed by atoms with E-state index in [2.05, 4.69) is 27.3 Å². The topological polar surface area (TPSA) is 138 Å². The third-order valence-electron chi connectivity index (χ3n) is 9.91. The average molecular weight is 505 g/mol. The lowest BCUT2D eigenvalue weighted by Gasteiger charge is -2.62. The second kappa shape index (κ2) is 7.23. The Bertz CT molecular complexity index is 1430. The van der Waals surface area contributed by atoms with Gasteiger partial charge in [0.2, 0.25) is 5.91 Å². The second-order valence-corrected chi connectivity index (χ2v) is 12.0. The summed E-state index contributed by atoms with van der Waals surface area (Å²) >= 11 is 0. The Kier molecular flexibility index (Phi) is 4.49. The number of nitrogens with one attached hydrogen (secondary N) is 2. The van der Waals surface area contributed by atoms with E-state index in [-0.39, 0.29) is 17.0 Å². The molecule has 1 saturated heterocycles. The van der Waals surface area contributed by atoms with Crippen molar-refractivity contribution in [1.82, 2.24) is 15.2 Å². The highest BCUT2D eigenvalue weighted by molar-refractivity contribution is 5.97. The molecule has 37 heavy (non-hydrogen) atoms. The van der Waals surface area contributed by atoms with Crippen LogP contribution >= 0.6 is 0 Å². The number of nitrogens with two attached hydrogens (primary N) is 1. The van der Waals surface area contributed by atoms with Crippen LogP contribution < -0.4 is 21.3 Å². The first kappa shape index (κ1) is 23.0. The SMILES string of the molecule is COc1ccc2c(c1)[C@@]13Cc4[nH]c(=O)c(C(=O)N[C@@H](C)C(N)=O)cc4C[C@@]1(O)[C@@H]1N(CC4CC4)CC21C3. The van der Waals surface area contributed by atoms with E-state index in [0.29, 0.717) is 18.8 Å². The number of pyridine rings is 1. The molecule has 3 fully saturated rings. The van der Waals surface area contributed by atoms with Crippen LogP contribution in [0.1, 0.15) is 58.9 Å². The molecular formula is C28H32N4O5. The highest BCUT2D eigenvalue weighted by Gasteiger charge is 2.81. The standard InChI is InChI=1S/C28H32N4O5/c1-14(22(29)33)30-23(34)18-7-16-9-28(36)25-26(13-32(25)11-15-3-4-15)12-27(28,10-21(16)31-24(18)35)20-8-17(37-2)5-6-19(20)26/h5-8,14-15,25,36H,3-4,9-13H2,1-2H3,(H2,29,33)(H,30,34)(H,31,35)/t14-,25+,26?,27-,28+/m0/s1. The third kappa shape index (κ3) is 2.84. The number of carbonyl (C=O) groups excluding carboxylic acids is 2. The molecule has 1 aliphatic heterocycles. The zero-order valence-electron chi connectivity index (χ0n) is 21.1. The first-order valence-electron chi connectivity index (χ1n) is 13.1. The Hall–Kier alpha value is -3.17. The van der Waals surface area contributed by atoms with E-state index in [0.717, 1.165) is 42.1 Å². The summed E-state index contributed by atoms with van der Waals surface area (Å²) in [6, 6.07) is 6.95. The Morgan fingerprint density at radius 2 is 2.05 bits per heavy atom. The number of likely N-dealkylation sites (tertiary alicyclic amines) is 1. The first-order valence-corrected chi connectivity index (χ1v) is 13.1. The molecule has 9 heteroatoms. The number of aliphatic hydroxyl groups is 1. The summed E-state index contributed by atoms with van der Waals surface area (Å²) in [6.07, 6.45) is 4.17. The molecule has 5 aliphatic rings. The summed E-state index contributed by atoms with van der Waals surface area (Å²) in [7, 11) is 1.65. The van der Waals surface area contributed by atoms with E-state index in [4.69, 9.17) is 10.5 Å². The number of hydrogen-bond acceptors (Lipinski definition) is 6. The first-order chi connectivity index (χ1) is 17.6. The van der Waals surface area contributed by atoms with Gasteiger partial charge in [0.25, 0.3) is 11.5 Å². The van der Waals surface area contributed by atoms with Crippen LogP contribution in [0.15, 0.2) is 29.1 Å². The van der Waals surface area contributed by atoms with Gasteiger partial charge in [0, 0.05) is 42.5 Å². The van der Waals surface area contributed by atoms with Gasteiger partial charge in [-0.25, -0.2) is 0 Å². The molecule has 2 spiro atoms. The minimum Gasteiger partial charge on any atom is -0.497 e. The van der Waals surface area contributed by atoms with Crippen LogP contribution in [0, 0.1) is 5.92 Å². The normalized spacial score (nSPS) is 33.4. The van der Waals surface area contributed by atoms with Crippen molar-refractivity contribution in [3.63, 3.8) is 0 Å². The summed E-state index contributed by atoms with van der Waals surface area (Å²) in [4.78, 5) is 42.7. The largest absolute Gasteiger partial charge is 0.497 e. The minimum absolute atomic E-state index is 0.00580. The van der Waals surface area contributed by atoms with E-state index >= 15 is 0 Å². The number of amides is 2. The summed E-state index contributed by atoms with van der Waals surface area (Å²) in [6.45, 7) is 3.42. The maximum Gasteiger partial charge on any atom is 0.261 e. The quantitative estimate of drug-likeness (QED) is 0.452. The van der Waals surface area contributed by atoms with Crippen LogP contribution in [0.4, 0.5) is 0 Å². The van der Waals surface area contributed by atoms with Crippen LogP contribution in [0.2, 0.25) is 0 Å². The van der Waals surface area contributed by atoms with Crippen molar-refractivity contribution in [3.05, 3.63) is 62.6 Å². The molecule has 7 rings (SSSR count). The molecule has 4 aliphatic carbocycles. The number of rotatable bonds is 6. The molecule has 1 aromatic carbocycles. The maximum absolute atomic E-state index is 13.0.